The molecule has 0 N–H and O–H groups in total. The van der Waals surface area contributed by atoms with Crippen LogP contribution in [-0.2, 0) is 11.3 Å². The highest BCUT2D eigenvalue weighted by Crippen LogP contribution is 2.39. The molecule has 4 fully saturated rings. The van der Waals surface area contributed by atoms with E-state index in [-0.39, 0.29) is 12.7 Å². The Morgan fingerprint density at radius 2 is 1.88 bits per heavy atom. The number of ether oxygens (including phenoxy) is 2. The molecule has 1 saturated carbocycles. The van der Waals surface area contributed by atoms with Crippen LogP contribution >= 0.6 is 11.6 Å². The minimum absolute atomic E-state index is 0.144. The standard InChI is InChI=1S/C19H23ClN2O3/c20-16-6-18-17(24-11-25-18)5-14(16)9-21-8-13-3-4-15(10-21)22(19(13)23)7-12-1-2-12/h5-6,12-13,15H,1-4,7-11H2/t13-,15+/m0/s1. The summed E-state index contributed by atoms with van der Waals surface area (Å²) < 4.78 is 10.9. The predicted molar refractivity (Wildman–Crippen MR) is 93.8 cm³/mol. The number of halogens is 1. The summed E-state index contributed by atoms with van der Waals surface area (Å²) in [7, 11) is 0. The molecule has 0 spiro atoms. The Labute approximate surface area is 152 Å². The van der Waals surface area contributed by atoms with Crippen LogP contribution in [0.15, 0.2) is 12.1 Å². The van der Waals surface area contributed by atoms with Crippen LogP contribution in [0.1, 0.15) is 31.2 Å². The average molecular weight is 363 g/mol. The van der Waals surface area contributed by atoms with Gasteiger partial charge in [0.2, 0.25) is 12.7 Å². The summed E-state index contributed by atoms with van der Waals surface area (Å²) in [5, 5.41) is 0.710. The fourth-order valence-electron chi connectivity index (χ4n) is 4.40. The largest absolute Gasteiger partial charge is 0.454 e. The van der Waals surface area contributed by atoms with Gasteiger partial charge in [0.15, 0.2) is 11.5 Å². The summed E-state index contributed by atoms with van der Waals surface area (Å²) >= 11 is 6.45. The van der Waals surface area contributed by atoms with Crippen LogP contribution in [0.25, 0.3) is 0 Å². The summed E-state index contributed by atoms with van der Waals surface area (Å²) in [5.74, 6) is 2.76. The van der Waals surface area contributed by atoms with Crippen molar-refractivity contribution in [2.24, 2.45) is 11.8 Å². The van der Waals surface area contributed by atoms with Crippen molar-refractivity contribution in [2.45, 2.75) is 38.3 Å². The first-order valence-electron chi connectivity index (χ1n) is 9.28. The number of carbonyl (C=O) groups excluding carboxylic acids is 1. The van der Waals surface area contributed by atoms with Crippen LogP contribution in [0.5, 0.6) is 11.5 Å². The zero-order valence-corrected chi connectivity index (χ0v) is 15.0. The number of fused-ring (bicyclic) bond motifs is 5. The number of benzene rings is 1. The molecule has 0 unspecified atom stereocenters. The highest BCUT2D eigenvalue weighted by atomic mass is 35.5. The first-order chi connectivity index (χ1) is 12.2. The Hall–Kier alpha value is -1.46. The molecule has 1 amide bonds. The summed E-state index contributed by atoms with van der Waals surface area (Å²) in [5.41, 5.74) is 1.05. The molecule has 5 nitrogen and oxygen atoms in total. The van der Waals surface area contributed by atoms with E-state index >= 15 is 0 Å². The van der Waals surface area contributed by atoms with Crippen LogP contribution in [0, 0.1) is 11.8 Å². The number of hydrogen-bond donors (Lipinski definition) is 0. The van der Waals surface area contributed by atoms with E-state index in [2.05, 4.69) is 9.80 Å². The van der Waals surface area contributed by atoms with Crippen molar-refractivity contribution in [3.05, 3.63) is 22.7 Å². The molecule has 1 aromatic rings. The first kappa shape index (κ1) is 15.8. The number of carbonyl (C=O) groups is 1. The van der Waals surface area contributed by atoms with Crippen molar-refractivity contribution in [3.8, 4) is 11.5 Å². The van der Waals surface area contributed by atoms with Crippen molar-refractivity contribution in [1.29, 1.82) is 0 Å². The van der Waals surface area contributed by atoms with Crippen molar-refractivity contribution < 1.29 is 14.3 Å². The van der Waals surface area contributed by atoms with Gasteiger partial charge in [0.25, 0.3) is 0 Å². The van der Waals surface area contributed by atoms with Crippen LogP contribution < -0.4 is 9.47 Å². The summed E-state index contributed by atoms with van der Waals surface area (Å²) in [6.07, 6.45) is 4.74. The molecule has 4 heterocycles. The number of nitrogens with zero attached hydrogens (tertiary/aromatic N) is 2. The van der Waals surface area contributed by atoms with Crippen LogP contribution in [0.4, 0.5) is 0 Å². The SMILES string of the molecule is O=C1[C@H]2CC[C@H](CN(Cc3cc4c(cc3Cl)OCO4)C2)N1CC1CC1. The Balaban J connectivity index is 1.34. The third kappa shape index (κ3) is 2.97. The molecule has 0 aromatic heterocycles. The molecule has 6 rings (SSSR count). The van der Waals surface area contributed by atoms with E-state index in [9.17, 15) is 4.79 Å². The van der Waals surface area contributed by atoms with Crippen molar-refractivity contribution >= 4 is 17.5 Å². The van der Waals surface area contributed by atoms with Gasteiger partial charge in [0.05, 0.1) is 5.92 Å². The van der Waals surface area contributed by atoms with E-state index in [1.165, 1.54) is 12.8 Å². The molecule has 5 aliphatic rings. The second-order valence-corrected chi connectivity index (χ2v) is 8.26. The highest BCUT2D eigenvalue weighted by molar-refractivity contribution is 6.31. The molecule has 134 valence electrons. The van der Waals surface area contributed by atoms with Gasteiger partial charge in [-0.2, -0.15) is 0 Å². The normalized spacial score (nSPS) is 28.5. The second-order valence-electron chi connectivity index (χ2n) is 7.85. The monoisotopic (exact) mass is 362 g/mol. The molecule has 6 heteroatoms. The highest BCUT2D eigenvalue weighted by Gasteiger charge is 2.42. The zero-order valence-electron chi connectivity index (χ0n) is 14.2. The number of piperidine rings is 1. The molecule has 2 atom stereocenters. The van der Waals surface area contributed by atoms with Gasteiger partial charge in [0, 0.05) is 43.3 Å². The Bertz CT molecular complexity index is 706. The lowest BCUT2D eigenvalue weighted by Crippen LogP contribution is -2.48. The van der Waals surface area contributed by atoms with Gasteiger partial charge >= 0.3 is 0 Å². The molecule has 2 bridgehead atoms. The molecular formula is C19H23ClN2O3. The maximum absolute atomic E-state index is 12.8. The average Bonchev–Trinajstić information content (AvgIpc) is 3.35. The fourth-order valence-corrected chi connectivity index (χ4v) is 4.61. The van der Waals surface area contributed by atoms with Crippen molar-refractivity contribution in [2.75, 3.05) is 26.4 Å². The minimum atomic E-state index is 0.144. The van der Waals surface area contributed by atoms with Gasteiger partial charge in [-0.15, -0.1) is 0 Å². The minimum Gasteiger partial charge on any atom is -0.454 e. The molecule has 4 aliphatic heterocycles. The number of hydrogen-bond acceptors (Lipinski definition) is 4. The zero-order chi connectivity index (χ0) is 17.0. The number of rotatable bonds is 4. The van der Waals surface area contributed by atoms with E-state index in [1.54, 1.807) is 0 Å². The maximum Gasteiger partial charge on any atom is 0.231 e. The summed E-state index contributed by atoms with van der Waals surface area (Å²) in [6.45, 7) is 3.76. The van der Waals surface area contributed by atoms with Gasteiger partial charge in [-0.1, -0.05) is 11.6 Å². The molecule has 3 saturated heterocycles. The van der Waals surface area contributed by atoms with Crippen LogP contribution in [0.2, 0.25) is 5.02 Å². The molecule has 0 radical (unpaired) electrons. The maximum atomic E-state index is 12.8. The first-order valence-corrected chi connectivity index (χ1v) is 9.66. The Morgan fingerprint density at radius 3 is 2.68 bits per heavy atom. The van der Waals surface area contributed by atoms with E-state index in [0.29, 0.717) is 17.0 Å². The van der Waals surface area contributed by atoms with Crippen LogP contribution in [0.3, 0.4) is 0 Å². The number of amides is 1. The van der Waals surface area contributed by atoms with E-state index < -0.39 is 0 Å². The topological polar surface area (TPSA) is 42.0 Å². The lowest BCUT2D eigenvalue weighted by Gasteiger charge is -2.36. The lowest BCUT2D eigenvalue weighted by molar-refractivity contribution is -0.140. The van der Waals surface area contributed by atoms with Crippen molar-refractivity contribution in [1.82, 2.24) is 9.80 Å². The Kier molecular flexibility index (Phi) is 3.82. The van der Waals surface area contributed by atoms with E-state index in [0.717, 1.165) is 62.0 Å². The quantitative estimate of drug-likeness (QED) is 0.826. The summed E-state index contributed by atoms with van der Waals surface area (Å²) in [4.78, 5) is 17.4. The predicted octanol–water partition coefficient (Wildman–Crippen LogP) is 2.90. The summed E-state index contributed by atoms with van der Waals surface area (Å²) in [6, 6.07) is 4.19. The third-order valence-electron chi connectivity index (χ3n) is 5.96. The van der Waals surface area contributed by atoms with Gasteiger partial charge in [0.1, 0.15) is 0 Å². The third-order valence-corrected chi connectivity index (χ3v) is 6.31. The Morgan fingerprint density at radius 1 is 1.08 bits per heavy atom. The fraction of sp³-hybridized carbons (Fsp3) is 0.632. The molecule has 1 aliphatic carbocycles. The van der Waals surface area contributed by atoms with Crippen molar-refractivity contribution in [3.63, 3.8) is 0 Å². The lowest BCUT2D eigenvalue weighted by atomic mass is 9.94. The molecule has 1 aromatic carbocycles. The van der Waals surface area contributed by atoms with Gasteiger partial charge in [-0.3, -0.25) is 9.69 Å². The molecular weight excluding hydrogens is 340 g/mol. The van der Waals surface area contributed by atoms with Crippen LogP contribution in [-0.4, -0.2) is 48.2 Å². The van der Waals surface area contributed by atoms with Gasteiger partial charge in [-0.05, 0) is 43.2 Å². The van der Waals surface area contributed by atoms with Gasteiger partial charge < -0.3 is 14.4 Å². The smallest absolute Gasteiger partial charge is 0.231 e. The molecule has 25 heavy (non-hydrogen) atoms. The van der Waals surface area contributed by atoms with E-state index in [4.69, 9.17) is 21.1 Å². The van der Waals surface area contributed by atoms with Gasteiger partial charge in [-0.25, -0.2) is 0 Å². The van der Waals surface area contributed by atoms with E-state index in [1.807, 2.05) is 12.1 Å². The second kappa shape index (κ2) is 6.06.